The van der Waals surface area contributed by atoms with Gasteiger partial charge in [0.05, 0.1) is 7.11 Å². The van der Waals surface area contributed by atoms with Crippen molar-refractivity contribution in [1.29, 1.82) is 0 Å². The first kappa shape index (κ1) is 10.3. The average molecular weight is 214 g/mol. The van der Waals surface area contributed by atoms with Crippen molar-refractivity contribution in [2.45, 2.75) is 0 Å². The van der Waals surface area contributed by atoms with E-state index in [0.717, 1.165) is 5.56 Å². The van der Waals surface area contributed by atoms with Crippen LogP contribution in [0.5, 0.6) is 5.75 Å². The smallest absolute Gasteiger partial charge is 0.168 e. The van der Waals surface area contributed by atoms with Crippen LogP contribution in [0.3, 0.4) is 0 Å². The van der Waals surface area contributed by atoms with Gasteiger partial charge in [-0.1, -0.05) is 0 Å². The predicted octanol–water partition coefficient (Wildman–Crippen LogP) is 1.96. The lowest BCUT2D eigenvalue weighted by atomic mass is 10.1. The number of pyridine rings is 2. The molecule has 0 bridgehead atoms. The Labute approximate surface area is 92.9 Å². The molecule has 0 radical (unpaired) electrons. The van der Waals surface area contributed by atoms with Gasteiger partial charge in [-0.2, -0.15) is 0 Å². The van der Waals surface area contributed by atoms with Gasteiger partial charge in [-0.3, -0.25) is 9.78 Å². The zero-order valence-corrected chi connectivity index (χ0v) is 8.75. The Morgan fingerprint density at radius 2 is 2.19 bits per heavy atom. The largest absolute Gasteiger partial charge is 0.494 e. The number of rotatable bonds is 3. The van der Waals surface area contributed by atoms with Crippen LogP contribution in [0.2, 0.25) is 0 Å². The number of ether oxygens (including phenoxy) is 1. The lowest BCUT2D eigenvalue weighted by Crippen LogP contribution is -1.95. The molecule has 0 saturated carbocycles. The molecule has 2 aromatic heterocycles. The highest BCUT2D eigenvalue weighted by Crippen LogP contribution is 2.26. The van der Waals surface area contributed by atoms with Gasteiger partial charge in [-0.25, -0.2) is 4.98 Å². The summed E-state index contributed by atoms with van der Waals surface area (Å²) in [5, 5.41) is 0. The Morgan fingerprint density at radius 3 is 2.81 bits per heavy atom. The molecule has 80 valence electrons. The second kappa shape index (κ2) is 4.53. The summed E-state index contributed by atoms with van der Waals surface area (Å²) in [5.74, 6) is 0.624. The normalized spacial score (nSPS) is 9.81. The van der Waals surface area contributed by atoms with Crippen molar-refractivity contribution >= 4 is 6.29 Å². The van der Waals surface area contributed by atoms with Crippen molar-refractivity contribution in [3.05, 3.63) is 42.4 Å². The number of hydrogen-bond donors (Lipinski definition) is 0. The SMILES string of the molecule is COc1ccc(C=O)nc1-c1cccnc1. The van der Waals surface area contributed by atoms with E-state index in [0.29, 0.717) is 23.4 Å². The lowest BCUT2D eigenvalue weighted by Gasteiger charge is -2.07. The zero-order chi connectivity index (χ0) is 11.4. The fraction of sp³-hybridized carbons (Fsp3) is 0.0833. The third-order valence-corrected chi connectivity index (χ3v) is 2.16. The van der Waals surface area contributed by atoms with Gasteiger partial charge in [-0.05, 0) is 24.3 Å². The molecule has 4 nitrogen and oxygen atoms in total. The van der Waals surface area contributed by atoms with Gasteiger partial charge in [0.2, 0.25) is 0 Å². The number of aromatic nitrogens is 2. The third kappa shape index (κ3) is 1.91. The molecule has 0 amide bonds. The second-order valence-corrected chi connectivity index (χ2v) is 3.15. The number of carbonyl (C=O) groups excluding carboxylic acids is 1. The summed E-state index contributed by atoms with van der Waals surface area (Å²) < 4.78 is 5.19. The number of methoxy groups -OCH3 is 1. The van der Waals surface area contributed by atoms with Gasteiger partial charge >= 0.3 is 0 Å². The lowest BCUT2D eigenvalue weighted by molar-refractivity contribution is 0.111. The summed E-state index contributed by atoms with van der Waals surface area (Å²) in [6.07, 6.45) is 4.07. The van der Waals surface area contributed by atoms with E-state index in [4.69, 9.17) is 4.74 Å². The molecular weight excluding hydrogens is 204 g/mol. The molecule has 0 aliphatic heterocycles. The van der Waals surface area contributed by atoms with Crippen LogP contribution < -0.4 is 4.74 Å². The zero-order valence-electron chi connectivity index (χ0n) is 8.75. The van der Waals surface area contributed by atoms with Crippen LogP contribution in [0.25, 0.3) is 11.3 Å². The van der Waals surface area contributed by atoms with Crippen molar-refractivity contribution in [3.8, 4) is 17.0 Å². The molecule has 16 heavy (non-hydrogen) atoms. The molecule has 0 aliphatic carbocycles. The highest BCUT2D eigenvalue weighted by atomic mass is 16.5. The highest BCUT2D eigenvalue weighted by molar-refractivity contribution is 5.75. The summed E-state index contributed by atoms with van der Waals surface area (Å²) in [7, 11) is 1.57. The monoisotopic (exact) mass is 214 g/mol. The molecule has 0 aliphatic rings. The van der Waals surface area contributed by atoms with Crippen LogP contribution >= 0.6 is 0 Å². The molecule has 0 unspecified atom stereocenters. The van der Waals surface area contributed by atoms with Crippen molar-refractivity contribution in [1.82, 2.24) is 9.97 Å². The Bertz CT molecular complexity index is 498. The van der Waals surface area contributed by atoms with Crippen LogP contribution in [0, 0.1) is 0 Å². The van der Waals surface area contributed by atoms with Crippen LogP contribution in [0.15, 0.2) is 36.7 Å². The van der Waals surface area contributed by atoms with E-state index < -0.39 is 0 Å². The van der Waals surface area contributed by atoms with Gasteiger partial charge < -0.3 is 4.74 Å². The maximum atomic E-state index is 10.7. The van der Waals surface area contributed by atoms with Crippen molar-refractivity contribution < 1.29 is 9.53 Å². The van der Waals surface area contributed by atoms with Crippen LogP contribution in [0.4, 0.5) is 0 Å². The number of hydrogen-bond acceptors (Lipinski definition) is 4. The maximum Gasteiger partial charge on any atom is 0.168 e. The van der Waals surface area contributed by atoms with Crippen LogP contribution in [-0.2, 0) is 0 Å². The highest BCUT2D eigenvalue weighted by Gasteiger charge is 2.08. The topological polar surface area (TPSA) is 52.1 Å². The van der Waals surface area contributed by atoms with E-state index in [1.807, 2.05) is 12.1 Å². The van der Waals surface area contributed by atoms with Crippen LogP contribution in [0.1, 0.15) is 10.5 Å². The first-order valence-electron chi connectivity index (χ1n) is 4.76. The van der Waals surface area contributed by atoms with E-state index in [-0.39, 0.29) is 0 Å². The van der Waals surface area contributed by atoms with Crippen molar-refractivity contribution in [2.75, 3.05) is 7.11 Å². The van der Waals surface area contributed by atoms with Gasteiger partial charge in [0.25, 0.3) is 0 Å². The van der Waals surface area contributed by atoms with E-state index in [2.05, 4.69) is 9.97 Å². The average Bonchev–Trinajstić information content (AvgIpc) is 2.39. The van der Waals surface area contributed by atoms with Gasteiger partial charge in [0.1, 0.15) is 17.1 Å². The van der Waals surface area contributed by atoms with Gasteiger partial charge in [0, 0.05) is 18.0 Å². The minimum atomic E-state index is 0.375. The van der Waals surface area contributed by atoms with Crippen molar-refractivity contribution in [2.24, 2.45) is 0 Å². The number of aldehydes is 1. The van der Waals surface area contributed by atoms with Crippen LogP contribution in [-0.4, -0.2) is 23.4 Å². The molecule has 0 atom stereocenters. The fourth-order valence-electron chi connectivity index (χ4n) is 1.40. The Hall–Kier alpha value is -2.23. The van der Waals surface area contributed by atoms with Gasteiger partial charge in [-0.15, -0.1) is 0 Å². The molecule has 0 saturated heterocycles. The molecule has 2 heterocycles. The first-order valence-corrected chi connectivity index (χ1v) is 4.76. The van der Waals surface area contributed by atoms with E-state index in [1.165, 1.54) is 0 Å². The second-order valence-electron chi connectivity index (χ2n) is 3.15. The molecule has 4 heteroatoms. The molecule has 2 aromatic rings. The molecule has 0 spiro atoms. The van der Waals surface area contributed by atoms with E-state index in [9.17, 15) is 4.79 Å². The van der Waals surface area contributed by atoms with Crippen molar-refractivity contribution in [3.63, 3.8) is 0 Å². The summed E-state index contributed by atoms with van der Waals surface area (Å²) in [4.78, 5) is 18.9. The number of carbonyl (C=O) groups is 1. The maximum absolute atomic E-state index is 10.7. The minimum Gasteiger partial charge on any atom is -0.494 e. The standard InChI is InChI=1S/C12H10N2O2/c1-16-11-5-4-10(8-15)14-12(11)9-3-2-6-13-7-9/h2-8H,1H3. The fourth-order valence-corrected chi connectivity index (χ4v) is 1.40. The molecule has 2 rings (SSSR count). The minimum absolute atomic E-state index is 0.375. The Kier molecular flexibility index (Phi) is 2.91. The van der Waals surface area contributed by atoms with Gasteiger partial charge in [0.15, 0.2) is 6.29 Å². The van der Waals surface area contributed by atoms with E-state index in [1.54, 1.807) is 31.6 Å². The summed E-state index contributed by atoms with van der Waals surface area (Å²) >= 11 is 0. The first-order chi connectivity index (χ1) is 7.85. The quantitative estimate of drug-likeness (QED) is 0.733. The predicted molar refractivity (Wildman–Crippen MR) is 59.4 cm³/mol. The molecule has 0 aromatic carbocycles. The Morgan fingerprint density at radius 1 is 1.31 bits per heavy atom. The van der Waals surface area contributed by atoms with E-state index >= 15 is 0 Å². The molecule has 0 fully saturated rings. The molecular formula is C12H10N2O2. The summed E-state index contributed by atoms with van der Waals surface area (Å²) in [6, 6.07) is 7.02. The summed E-state index contributed by atoms with van der Waals surface area (Å²) in [6.45, 7) is 0. The number of nitrogens with zero attached hydrogens (tertiary/aromatic N) is 2. The Balaban J connectivity index is 2.57. The molecule has 0 N–H and O–H groups in total. The third-order valence-electron chi connectivity index (χ3n) is 2.16. The summed E-state index contributed by atoms with van der Waals surface area (Å²) in [5.41, 5.74) is 1.82.